The minimum absolute atomic E-state index is 0.0373. The number of carbonyl (C=O) groups is 1. The lowest BCUT2D eigenvalue weighted by atomic mass is 10.3. The minimum atomic E-state index is 0.0373. The number of aryl methyl sites for hydroxylation is 1. The number of aromatic nitrogens is 2. The van der Waals surface area contributed by atoms with Gasteiger partial charge in [0.2, 0.25) is 5.91 Å². The van der Waals surface area contributed by atoms with Gasteiger partial charge in [-0.05, 0) is 6.42 Å². The van der Waals surface area contributed by atoms with Gasteiger partial charge in [-0.3, -0.25) is 4.79 Å². The van der Waals surface area contributed by atoms with E-state index in [0.717, 1.165) is 12.2 Å². The summed E-state index contributed by atoms with van der Waals surface area (Å²) < 4.78 is 1.91. The van der Waals surface area contributed by atoms with Gasteiger partial charge in [0.25, 0.3) is 0 Å². The van der Waals surface area contributed by atoms with Gasteiger partial charge in [0.05, 0.1) is 12.5 Å². The average molecular weight is 208 g/mol. The highest BCUT2D eigenvalue weighted by atomic mass is 16.2. The molecule has 1 heterocycles. The van der Waals surface area contributed by atoms with E-state index in [9.17, 15) is 4.79 Å². The van der Waals surface area contributed by atoms with Crippen LogP contribution in [-0.4, -0.2) is 33.4 Å². The van der Waals surface area contributed by atoms with Gasteiger partial charge in [-0.2, -0.15) is 0 Å². The summed E-state index contributed by atoms with van der Waals surface area (Å²) >= 11 is 0. The Morgan fingerprint density at radius 1 is 1.80 bits per heavy atom. The van der Waals surface area contributed by atoms with Crippen molar-refractivity contribution in [2.24, 2.45) is 18.7 Å². The predicted octanol–water partition coefficient (Wildman–Crippen LogP) is -0.274. The lowest BCUT2D eigenvalue weighted by molar-refractivity contribution is -0.131. The van der Waals surface area contributed by atoms with E-state index < -0.39 is 0 Å². The van der Waals surface area contributed by atoms with Crippen molar-refractivity contribution in [2.75, 3.05) is 7.05 Å². The maximum atomic E-state index is 11.8. The number of hydrogen-bond donors (Lipinski definition) is 1. The van der Waals surface area contributed by atoms with E-state index in [2.05, 4.69) is 4.98 Å². The van der Waals surface area contributed by atoms with Crippen molar-refractivity contribution in [3.05, 3.63) is 18.2 Å². The second kappa shape index (κ2) is 3.66. The maximum absolute atomic E-state index is 11.8. The van der Waals surface area contributed by atoms with Crippen molar-refractivity contribution in [3.8, 4) is 0 Å². The molecule has 0 saturated heterocycles. The molecule has 1 aromatic rings. The van der Waals surface area contributed by atoms with Crippen molar-refractivity contribution >= 4 is 5.91 Å². The Hall–Kier alpha value is -1.36. The molecule has 1 aromatic heterocycles. The molecule has 2 atom stereocenters. The molecule has 5 heteroatoms. The lowest BCUT2D eigenvalue weighted by Gasteiger charge is -2.16. The van der Waals surface area contributed by atoms with E-state index in [1.807, 2.05) is 17.8 Å². The third kappa shape index (κ3) is 2.02. The van der Waals surface area contributed by atoms with Crippen LogP contribution in [0.25, 0.3) is 0 Å². The second-order valence-corrected chi connectivity index (χ2v) is 4.15. The first-order chi connectivity index (χ1) is 7.09. The van der Waals surface area contributed by atoms with Crippen LogP contribution in [0, 0.1) is 5.92 Å². The third-order valence-electron chi connectivity index (χ3n) is 2.83. The minimum Gasteiger partial charge on any atom is -0.338 e. The molecule has 82 valence electrons. The maximum Gasteiger partial charge on any atom is 0.227 e. The quantitative estimate of drug-likeness (QED) is 0.743. The van der Waals surface area contributed by atoms with Crippen LogP contribution in [0.4, 0.5) is 0 Å². The molecular weight excluding hydrogens is 192 g/mol. The van der Waals surface area contributed by atoms with Crippen LogP contribution in [-0.2, 0) is 18.4 Å². The molecule has 1 amide bonds. The molecule has 1 saturated carbocycles. The molecule has 0 bridgehead atoms. The molecule has 0 aromatic carbocycles. The van der Waals surface area contributed by atoms with Gasteiger partial charge in [-0.25, -0.2) is 4.98 Å². The SMILES string of the molecule is CN(Cc1nccn1C)C(=O)C1CC1N. The van der Waals surface area contributed by atoms with Gasteiger partial charge in [0.15, 0.2) is 0 Å². The Morgan fingerprint density at radius 3 is 2.93 bits per heavy atom. The van der Waals surface area contributed by atoms with Crippen LogP contribution < -0.4 is 5.73 Å². The van der Waals surface area contributed by atoms with Crippen LogP contribution in [0.1, 0.15) is 12.2 Å². The number of hydrogen-bond acceptors (Lipinski definition) is 3. The summed E-state index contributed by atoms with van der Waals surface area (Å²) in [6.45, 7) is 0.547. The highest BCUT2D eigenvalue weighted by Gasteiger charge is 2.41. The highest BCUT2D eigenvalue weighted by molar-refractivity contribution is 5.82. The normalized spacial score (nSPS) is 23.9. The van der Waals surface area contributed by atoms with Crippen LogP contribution in [0.15, 0.2) is 12.4 Å². The third-order valence-corrected chi connectivity index (χ3v) is 2.83. The van der Waals surface area contributed by atoms with E-state index in [1.165, 1.54) is 0 Å². The summed E-state index contributed by atoms with van der Waals surface area (Å²) in [7, 11) is 3.71. The zero-order valence-corrected chi connectivity index (χ0v) is 9.05. The average Bonchev–Trinajstić information content (AvgIpc) is 2.79. The summed E-state index contributed by atoms with van der Waals surface area (Å²) in [5.41, 5.74) is 5.64. The topological polar surface area (TPSA) is 64.2 Å². The highest BCUT2D eigenvalue weighted by Crippen LogP contribution is 2.29. The Balaban J connectivity index is 1.95. The van der Waals surface area contributed by atoms with Crippen molar-refractivity contribution in [2.45, 2.75) is 19.0 Å². The molecular formula is C10H16N4O. The van der Waals surface area contributed by atoms with Crippen LogP contribution >= 0.6 is 0 Å². The van der Waals surface area contributed by atoms with E-state index in [4.69, 9.17) is 5.73 Å². The summed E-state index contributed by atoms with van der Waals surface area (Å²) in [5.74, 6) is 1.06. The van der Waals surface area contributed by atoms with Gasteiger partial charge < -0.3 is 15.2 Å². The number of nitrogens with two attached hydrogens (primary N) is 1. The molecule has 0 aliphatic heterocycles. The molecule has 0 spiro atoms. The number of nitrogens with zero attached hydrogens (tertiary/aromatic N) is 3. The predicted molar refractivity (Wildman–Crippen MR) is 55.8 cm³/mol. The number of amides is 1. The zero-order chi connectivity index (χ0) is 11.0. The van der Waals surface area contributed by atoms with Gasteiger partial charge in [0.1, 0.15) is 5.82 Å². The molecule has 2 rings (SSSR count). The summed E-state index contributed by atoms with van der Waals surface area (Å²) in [6.07, 6.45) is 4.43. The first-order valence-corrected chi connectivity index (χ1v) is 5.06. The number of imidazole rings is 1. The van der Waals surface area contributed by atoms with E-state index in [-0.39, 0.29) is 17.9 Å². The van der Waals surface area contributed by atoms with Crippen molar-refractivity contribution < 1.29 is 4.79 Å². The van der Waals surface area contributed by atoms with E-state index in [1.54, 1.807) is 18.1 Å². The fraction of sp³-hybridized carbons (Fsp3) is 0.600. The van der Waals surface area contributed by atoms with Gasteiger partial charge in [-0.1, -0.05) is 0 Å². The van der Waals surface area contributed by atoms with E-state index >= 15 is 0 Å². The molecule has 0 radical (unpaired) electrons. The molecule has 1 aliphatic carbocycles. The summed E-state index contributed by atoms with van der Waals surface area (Å²) in [4.78, 5) is 17.6. The summed E-state index contributed by atoms with van der Waals surface area (Å²) in [6, 6.07) is 0.0707. The summed E-state index contributed by atoms with van der Waals surface area (Å²) in [5, 5.41) is 0. The fourth-order valence-corrected chi connectivity index (χ4v) is 1.62. The molecule has 5 nitrogen and oxygen atoms in total. The Labute approximate surface area is 88.9 Å². The Bertz CT molecular complexity index is 373. The fourth-order valence-electron chi connectivity index (χ4n) is 1.62. The molecule has 1 aliphatic rings. The smallest absolute Gasteiger partial charge is 0.227 e. The van der Waals surface area contributed by atoms with Crippen LogP contribution in [0.2, 0.25) is 0 Å². The van der Waals surface area contributed by atoms with Gasteiger partial charge in [0, 0.05) is 32.5 Å². The van der Waals surface area contributed by atoms with Gasteiger partial charge >= 0.3 is 0 Å². The first kappa shape index (κ1) is 10.2. The Morgan fingerprint density at radius 2 is 2.47 bits per heavy atom. The Kier molecular flexibility index (Phi) is 2.48. The monoisotopic (exact) mass is 208 g/mol. The molecule has 2 N–H and O–H groups in total. The van der Waals surface area contributed by atoms with Gasteiger partial charge in [-0.15, -0.1) is 0 Å². The lowest BCUT2D eigenvalue weighted by Crippen LogP contribution is -2.30. The number of carbonyl (C=O) groups excluding carboxylic acids is 1. The standard InChI is InChI=1S/C10H16N4O/c1-13-4-3-12-9(13)6-14(2)10(15)7-5-8(7)11/h3-4,7-8H,5-6,11H2,1-2H3. The first-order valence-electron chi connectivity index (χ1n) is 5.06. The van der Waals surface area contributed by atoms with Crippen LogP contribution in [0.3, 0.4) is 0 Å². The van der Waals surface area contributed by atoms with Crippen molar-refractivity contribution in [1.29, 1.82) is 0 Å². The molecule has 15 heavy (non-hydrogen) atoms. The molecule has 1 fully saturated rings. The van der Waals surface area contributed by atoms with Crippen molar-refractivity contribution in [1.82, 2.24) is 14.5 Å². The molecule has 2 unspecified atom stereocenters. The van der Waals surface area contributed by atoms with E-state index in [0.29, 0.717) is 6.54 Å². The van der Waals surface area contributed by atoms with Crippen molar-refractivity contribution in [3.63, 3.8) is 0 Å². The van der Waals surface area contributed by atoms with Crippen LogP contribution in [0.5, 0.6) is 0 Å². The zero-order valence-electron chi connectivity index (χ0n) is 9.05. The second-order valence-electron chi connectivity index (χ2n) is 4.15. The largest absolute Gasteiger partial charge is 0.338 e. The number of rotatable bonds is 3.